The van der Waals surface area contributed by atoms with E-state index in [0.717, 1.165) is 42.9 Å². The molecule has 5 heteroatoms. The summed E-state index contributed by atoms with van der Waals surface area (Å²) >= 11 is 0. The number of likely N-dealkylation sites (tertiary alicyclic amines) is 1. The number of hydrogen-bond donors (Lipinski definition) is 0. The van der Waals surface area contributed by atoms with Crippen LogP contribution < -0.4 is 9.47 Å². The van der Waals surface area contributed by atoms with Crippen LogP contribution in [0.1, 0.15) is 142 Å². The molecule has 1 aromatic carbocycles. The number of ether oxygens (including phenoxy) is 2. The van der Waals surface area contributed by atoms with Crippen molar-refractivity contribution in [1.82, 2.24) is 4.90 Å². The van der Waals surface area contributed by atoms with Crippen molar-refractivity contribution in [2.45, 2.75) is 137 Å². The van der Waals surface area contributed by atoms with E-state index in [-0.39, 0.29) is 24.0 Å². The molecular weight excluding hydrogens is 518 g/mol. The quantitative estimate of drug-likeness (QED) is 0.150. The number of rotatable bonds is 11. The molecule has 0 amide bonds. The molecule has 3 unspecified atom stereocenters. The lowest BCUT2D eigenvalue weighted by molar-refractivity contribution is -0.134. The lowest BCUT2D eigenvalue weighted by Crippen LogP contribution is -2.37. The Labute approximate surface area is 251 Å². The zero-order chi connectivity index (χ0) is 28.0. The zero-order valence-electron chi connectivity index (χ0n) is 26.3. The summed E-state index contributed by atoms with van der Waals surface area (Å²) in [5, 5.41) is 0. The van der Waals surface area contributed by atoms with Gasteiger partial charge in [0.1, 0.15) is 17.1 Å². The highest BCUT2D eigenvalue weighted by molar-refractivity contribution is 5.85. The number of allylic oxidation sites excluding steroid dienone is 1. The first-order valence-corrected chi connectivity index (χ1v) is 16.2. The second-order valence-corrected chi connectivity index (χ2v) is 13.4. The summed E-state index contributed by atoms with van der Waals surface area (Å²) in [6.45, 7) is 17.0. The molecule has 1 saturated heterocycles. The van der Waals surface area contributed by atoms with Gasteiger partial charge in [-0.2, -0.15) is 0 Å². The molecule has 4 nitrogen and oxygen atoms in total. The van der Waals surface area contributed by atoms with Gasteiger partial charge < -0.3 is 14.4 Å². The van der Waals surface area contributed by atoms with E-state index >= 15 is 0 Å². The van der Waals surface area contributed by atoms with E-state index in [0.29, 0.717) is 24.2 Å². The molecule has 0 N–H and O–H groups in total. The SMILES string of the molecule is CCCCCC(C)C(C)c1cc(OC(=O)CCCN2CCCCCC2)c2c(c1)OC(C)(C)C1=C2CC(C)CC1.Cl. The van der Waals surface area contributed by atoms with E-state index in [4.69, 9.17) is 9.47 Å². The summed E-state index contributed by atoms with van der Waals surface area (Å²) in [5.74, 6) is 3.09. The minimum absolute atomic E-state index is 0. The highest BCUT2D eigenvalue weighted by Crippen LogP contribution is 2.52. The number of unbranched alkanes of at least 4 members (excludes halogenated alkanes) is 2. The van der Waals surface area contributed by atoms with Crippen LogP contribution in [0.4, 0.5) is 0 Å². The first-order chi connectivity index (χ1) is 18.7. The monoisotopic (exact) mass is 573 g/mol. The number of fused-ring (bicyclic) bond motifs is 2. The first-order valence-electron chi connectivity index (χ1n) is 16.2. The zero-order valence-corrected chi connectivity index (χ0v) is 27.1. The summed E-state index contributed by atoms with van der Waals surface area (Å²) in [5.41, 5.74) is 4.70. The highest BCUT2D eigenvalue weighted by atomic mass is 35.5. The van der Waals surface area contributed by atoms with Gasteiger partial charge in [0.05, 0.1) is 5.56 Å². The Morgan fingerprint density at radius 3 is 2.52 bits per heavy atom. The molecule has 0 bridgehead atoms. The number of nitrogens with zero attached hydrogens (tertiary/aromatic N) is 1. The number of benzene rings is 1. The lowest BCUT2D eigenvalue weighted by atomic mass is 9.74. The lowest BCUT2D eigenvalue weighted by Gasteiger charge is -2.41. The van der Waals surface area contributed by atoms with Gasteiger partial charge >= 0.3 is 5.97 Å². The van der Waals surface area contributed by atoms with Gasteiger partial charge in [0.25, 0.3) is 0 Å². The predicted molar refractivity (Wildman–Crippen MR) is 170 cm³/mol. The van der Waals surface area contributed by atoms with Crippen LogP contribution in [0.15, 0.2) is 17.7 Å². The Balaban J connectivity index is 0.00000441. The molecule has 3 aliphatic rings. The third-order valence-corrected chi connectivity index (χ3v) is 9.71. The average molecular weight is 574 g/mol. The normalized spacial score (nSPS) is 22.2. The van der Waals surface area contributed by atoms with Gasteiger partial charge in [-0.05, 0) is 119 Å². The number of halogens is 1. The van der Waals surface area contributed by atoms with Gasteiger partial charge in [-0.1, -0.05) is 66.2 Å². The summed E-state index contributed by atoms with van der Waals surface area (Å²) in [4.78, 5) is 15.8. The molecule has 3 atom stereocenters. The molecule has 0 saturated carbocycles. The summed E-state index contributed by atoms with van der Waals surface area (Å²) in [6.07, 6.45) is 14.9. The van der Waals surface area contributed by atoms with Crippen LogP contribution in [-0.4, -0.2) is 36.1 Å². The van der Waals surface area contributed by atoms with Gasteiger partial charge in [-0.3, -0.25) is 4.79 Å². The Bertz CT molecular complexity index is 1010. The summed E-state index contributed by atoms with van der Waals surface area (Å²) in [6, 6.07) is 4.44. The van der Waals surface area contributed by atoms with E-state index in [9.17, 15) is 4.79 Å². The third-order valence-electron chi connectivity index (χ3n) is 9.71. The van der Waals surface area contributed by atoms with Crippen LogP contribution in [0.2, 0.25) is 0 Å². The number of esters is 1. The average Bonchev–Trinajstić information content (AvgIpc) is 3.16. The van der Waals surface area contributed by atoms with Crippen molar-refractivity contribution < 1.29 is 14.3 Å². The first kappa shape index (κ1) is 33.0. The fourth-order valence-electron chi connectivity index (χ4n) is 6.98. The van der Waals surface area contributed by atoms with Gasteiger partial charge in [0.2, 0.25) is 0 Å². The van der Waals surface area contributed by atoms with Crippen LogP contribution in [0, 0.1) is 11.8 Å². The molecule has 0 aromatic heterocycles. The number of carbonyl (C=O) groups is 1. The highest BCUT2D eigenvalue weighted by Gasteiger charge is 2.39. The molecule has 0 radical (unpaired) electrons. The van der Waals surface area contributed by atoms with Gasteiger partial charge in [0.15, 0.2) is 0 Å². The minimum atomic E-state index is -0.328. The second-order valence-electron chi connectivity index (χ2n) is 13.4. The standard InChI is InChI=1S/C35H55NO3.ClH/c1-7-8-11-15-26(3)27(4)28-23-31(38-33(37)16-14-21-36-19-12-9-10-13-20-36)34-29-22-25(2)17-18-30(29)35(5,6)39-32(34)24-28;/h23-27H,7-22H2,1-6H3;1H. The summed E-state index contributed by atoms with van der Waals surface area (Å²) in [7, 11) is 0. The van der Waals surface area contributed by atoms with Crippen LogP contribution in [-0.2, 0) is 4.79 Å². The second kappa shape index (κ2) is 15.1. The number of hydrogen-bond acceptors (Lipinski definition) is 4. The van der Waals surface area contributed by atoms with Crippen molar-refractivity contribution in [3.63, 3.8) is 0 Å². The molecule has 1 aliphatic carbocycles. The van der Waals surface area contributed by atoms with Crippen LogP contribution in [0.3, 0.4) is 0 Å². The largest absolute Gasteiger partial charge is 0.483 e. The van der Waals surface area contributed by atoms with Crippen LogP contribution >= 0.6 is 12.4 Å². The van der Waals surface area contributed by atoms with Gasteiger partial charge in [-0.25, -0.2) is 0 Å². The van der Waals surface area contributed by atoms with E-state index in [1.54, 1.807) is 0 Å². The number of carbonyl (C=O) groups excluding carboxylic acids is 1. The van der Waals surface area contributed by atoms with Crippen molar-refractivity contribution in [2.75, 3.05) is 19.6 Å². The fourth-order valence-corrected chi connectivity index (χ4v) is 6.98. The molecule has 40 heavy (non-hydrogen) atoms. The minimum Gasteiger partial charge on any atom is -0.483 e. The third kappa shape index (κ3) is 8.28. The molecule has 1 fully saturated rings. The van der Waals surface area contributed by atoms with Crippen molar-refractivity contribution in [2.24, 2.45) is 11.8 Å². The fraction of sp³-hybridized carbons (Fsp3) is 0.743. The maximum Gasteiger partial charge on any atom is 0.311 e. The van der Waals surface area contributed by atoms with E-state index in [1.807, 2.05) is 0 Å². The Kier molecular flexibility index (Phi) is 12.4. The molecule has 0 spiro atoms. The molecule has 1 aromatic rings. The smallest absolute Gasteiger partial charge is 0.311 e. The molecule has 2 heterocycles. The molecular formula is C35H56ClNO3. The van der Waals surface area contributed by atoms with Crippen molar-refractivity contribution in [3.8, 4) is 11.5 Å². The van der Waals surface area contributed by atoms with Gasteiger partial charge in [0, 0.05) is 6.42 Å². The van der Waals surface area contributed by atoms with Crippen LogP contribution in [0.5, 0.6) is 11.5 Å². The maximum atomic E-state index is 13.3. The molecule has 4 rings (SSSR count). The van der Waals surface area contributed by atoms with E-state index in [1.165, 1.54) is 87.6 Å². The Morgan fingerprint density at radius 1 is 1.10 bits per heavy atom. The predicted octanol–water partition coefficient (Wildman–Crippen LogP) is 9.73. The molecule has 2 aliphatic heterocycles. The van der Waals surface area contributed by atoms with Gasteiger partial charge in [-0.15, -0.1) is 12.4 Å². The van der Waals surface area contributed by atoms with Crippen molar-refractivity contribution >= 4 is 23.9 Å². The molecule has 226 valence electrons. The summed E-state index contributed by atoms with van der Waals surface area (Å²) < 4.78 is 13.0. The van der Waals surface area contributed by atoms with Crippen LogP contribution in [0.25, 0.3) is 5.57 Å². The van der Waals surface area contributed by atoms with E-state index < -0.39 is 0 Å². The topological polar surface area (TPSA) is 38.8 Å². The Morgan fingerprint density at radius 2 is 1.82 bits per heavy atom. The Hall–Kier alpha value is -1.52. The van der Waals surface area contributed by atoms with E-state index in [2.05, 4.69) is 58.6 Å². The van der Waals surface area contributed by atoms with Crippen molar-refractivity contribution in [1.29, 1.82) is 0 Å². The van der Waals surface area contributed by atoms with Crippen molar-refractivity contribution in [3.05, 3.63) is 28.8 Å². The maximum absolute atomic E-state index is 13.3.